The number of imidazole rings is 1. The molecule has 3 rings (SSSR count). The first-order valence-electron chi connectivity index (χ1n) is 7.54. The number of rotatable bonds is 4. The van der Waals surface area contributed by atoms with Gasteiger partial charge in [0, 0.05) is 18.3 Å². The molecule has 1 aromatic heterocycles. The third-order valence-corrected chi connectivity index (χ3v) is 3.87. The fourth-order valence-electron chi connectivity index (χ4n) is 2.58. The quantitative estimate of drug-likeness (QED) is 0.714. The van der Waals surface area contributed by atoms with Gasteiger partial charge < -0.3 is 4.98 Å². The molecule has 3 nitrogen and oxygen atoms in total. The van der Waals surface area contributed by atoms with Gasteiger partial charge in [0.2, 0.25) is 0 Å². The molecular formula is C20H17N3. The van der Waals surface area contributed by atoms with E-state index in [2.05, 4.69) is 41.2 Å². The molecule has 0 fully saturated rings. The summed E-state index contributed by atoms with van der Waals surface area (Å²) in [5.41, 5.74) is 4.09. The van der Waals surface area contributed by atoms with Gasteiger partial charge in [0.05, 0.1) is 11.6 Å². The van der Waals surface area contributed by atoms with Crippen LogP contribution in [0.1, 0.15) is 35.4 Å². The van der Waals surface area contributed by atoms with Crippen molar-refractivity contribution in [1.29, 1.82) is 5.26 Å². The first kappa shape index (κ1) is 14.8. The molecule has 0 aliphatic rings. The average Bonchev–Trinajstić information content (AvgIpc) is 3.15. The van der Waals surface area contributed by atoms with Gasteiger partial charge in [-0.25, -0.2) is 4.98 Å². The number of allylic oxidation sites excluding steroid dienone is 1. The Balaban J connectivity index is 2.04. The summed E-state index contributed by atoms with van der Waals surface area (Å²) in [5.74, 6) is 1.08. The van der Waals surface area contributed by atoms with Crippen LogP contribution in [0, 0.1) is 11.3 Å². The maximum Gasteiger partial charge on any atom is 0.113 e. The molecule has 0 bridgehead atoms. The number of nitrogens with zero attached hydrogens (tertiary/aromatic N) is 2. The fraction of sp³-hybridized carbons (Fsp3) is 0.100. The second kappa shape index (κ2) is 6.76. The Hall–Kier alpha value is -3.12. The molecule has 23 heavy (non-hydrogen) atoms. The zero-order valence-electron chi connectivity index (χ0n) is 12.9. The van der Waals surface area contributed by atoms with Crippen molar-refractivity contribution in [2.24, 2.45) is 0 Å². The summed E-state index contributed by atoms with van der Waals surface area (Å²) < 4.78 is 0. The van der Waals surface area contributed by atoms with Crippen LogP contribution in [0.5, 0.6) is 0 Å². The molecule has 2 aromatic carbocycles. The molecule has 3 aromatic rings. The van der Waals surface area contributed by atoms with Gasteiger partial charge in [-0.1, -0.05) is 55.5 Å². The van der Waals surface area contributed by atoms with E-state index in [1.807, 2.05) is 48.7 Å². The highest BCUT2D eigenvalue weighted by atomic mass is 14.9. The number of benzene rings is 2. The highest BCUT2D eigenvalue weighted by Crippen LogP contribution is 2.31. The van der Waals surface area contributed by atoms with Crippen molar-refractivity contribution in [1.82, 2.24) is 9.97 Å². The molecule has 0 aliphatic heterocycles. The highest BCUT2D eigenvalue weighted by molar-refractivity contribution is 5.84. The summed E-state index contributed by atoms with van der Waals surface area (Å²) in [4.78, 5) is 7.59. The number of hydrogen-bond donors (Lipinski definition) is 1. The first-order chi connectivity index (χ1) is 11.3. The number of nitriles is 1. The summed E-state index contributed by atoms with van der Waals surface area (Å²) in [6, 6.07) is 20.1. The molecule has 0 radical (unpaired) electrons. The second-order valence-corrected chi connectivity index (χ2v) is 5.40. The second-order valence-electron chi connectivity index (χ2n) is 5.40. The van der Waals surface area contributed by atoms with Gasteiger partial charge in [-0.2, -0.15) is 5.26 Å². The zero-order valence-corrected chi connectivity index (χ0v) is 12.9. The molecule has 1 atom stereocenters. The molecule has 1 N–H and O–H groups in total. The smallest absolute Gasteiger partial charge is 0.113 e. The maximum absolute atomic E-state index is 8.92. The van der Waals surface area contributed by atoms with E-state index in [9.17, 15) is 0 Å². The molecule has 0 spiro atoms. The topological polar surface area (TPSA) is 52.5 Å². The van der Waals surface area contributed by atoms with Crippen LogP contribution in [0.2, 0.25) is 0 Å². The highest BCUT2D eigenvalue weighted by Gasteiger charge is 2.15. The minimum atomic E-state index is 0.142. The van der Waals surface area contributed by atoms with Gasteiger partial charge in [0.1, 0.15) is 5.82 Å². The molecule has 3 heteroatoms. The normalized spacial score (nSPS) is 12.6. The van der Waals surface area contributed by atoms with E-state index in [1.54, 1.807) is 6.20 Å². The summed E-state index contributed by atoms with van der Waals surface area (Å²) in [6.07, 6.45) is 5.77. The Morgan fingerprint density at radius 3 is 2.48 bits per heavy atom. The fourth-order valence-corrected chi connectivity index (χ4v) is 2.58. The Labute approximate surface area is 136 Å². The largest absolute Gasteiger partial charge is 0.348 e. The zero-order chi connectivity index (χ0) is 16.1. The third-order valence-electron chi connectivity index (χ3n) is 3.87. The first-order valence-corrected chi connectivity index (χ1v) is 7.54. The van der Waals surface area contributed by atoms with Gasteiger partial charge in [-0.05, 0) is 28.8 Å². The van der Waals surface area contributed by atoms with Crippen molar-refractivity contribution in [2.45, 2.75) is 12.8 Å². The van der Waals surface area contributed by atoms with Crippen molar-refractivity contribution in [3.63, 3.8) is 0 Å². The van der Waals surface area contributed by atoms with Crippen LogP contribution >= 0.6 is 0 Å². The van der Waals surface area contributed by atoms with Gasteiger partial charge in [-0.15, -0.1) is 0 Å². The van der Waals surface area contributed by atoms with Crippen LogP contribution in [-0.2, 0) is 0 Å². The van der Waals surface area contributed by atoms with E-state index < -0.39 is 0 Å². The number of hydrogen-bond acceptors (Lipinski definition) is 2. The molecule has 0 amide bonds. The summed E-state index contributed by atoms with van der Waals surface area (Å²) in [5, 5.41) is 8.92. The van der Waals surface area contributed by atoms with Crippen molar-refractivity contribution in [2.75, 3.05) is 0 Å². The standard InChI is InChI=1S/C20H17N3/c1-15(20-22-11-12-23-20)19(18-5-3-2-4-6-18)13-16-7-9-17(14-21)10-8-16/h2-13,15H,1H3,(H,22,23). The molecule has 1 heterocycles. The summed E-state index contributed by atoms with van der Waals surface area (Å²) >= 11 is 0. The van der Waals surface area contributed by atoms with E-state index in [-0.39, 0.29) is 5.92 Å². The average molecular weight is 299 g/mol. The minimum Gasteiger partial charge on any atom is -0.348 e. The summed E-state index contributed by atoms with van der Waals surface area (Å²) in [6.45, 7) is 2.14. The van der Waals surface area contributed by atoms with E-state index in [0.29, 0.717) is 5.56 Å². The van der Waals surface area contributed by atoms with Crippen molar-refractivity contribution in [3.05, 3.63) is 89.5 Å². The lowest BCUT2D eigenvalue weighted by Crippen LogP contribution is -2.00. The van der Waals surface area contributed by atoms with Crippen LogP contribution in [0.4, 0.5) is 0 Å². The van der Waals surface area contributed by atoms with E-state index in [1.165, 1.54) is 11.1 Å². The van der Waals surface area contributed by atoms with Crippen molar-refractivity contribution < 1.29 is 0 Å². The lowest BCUT2D eigenvalue weighted by atomic mass is 9.91. The number of aromatic nitrogens is 2. The Morgan fingerprint density at radius 1 is 1.13 bits per heavy atom. The third kappa shape index (κ3) is 3.38. The molecule has 0 aliphatic carbocycles. The molecule has 112 valence electrons. The minimum absolute atomic E-state index is 0.142. The predicted octanol–water partition coefficient (Wildman–Crippen LogP) is 4.63. The van der Waals surface area contributed by atoms with Crippen molar-refractivity contribution >= 4 is 11.6 Å². The Morgan fingerprint density at radius 2 is 1.87 bits per heavy atom. The van der Waals surface area contributed by atoms with E-state index in [4.69, 9.17) is 5.26 Å². The summed E-state index contributed by atoms with van der Waals surface area (Å²) in [7, 11) is 0. The van der Waals surface area contributed by atoms with Crippen LogP contribution < -0.4 is 0 Å². The van der Waals surface area contributed by atoms with Gasteiger partial charge in [0.15, 0.2) is 0 Å². The van der Waals surface area contributed by atoms with Gasteiger partial charge in [0.25, 0.3) is 0 Å². The molecule has 0 saturated heterocycles. The SMILES string of the molecule is CC(C(=Cc1ccc(C#N)cc1)c1ccccc1)c1ncc[nH]1. The van der Waals surface area contributed by atoms with E-state index >= 15 is 0 Å². The predicted molar refractivity (Wildman–Crippen MR) is 92.5 cm³/mol. The van der Waals surface area contributed by atoms with Gasteiger partial charge >= 0.3 is 0 Å². The van der Waals surface area contributed by atoms with Crippen molar-refractivity contribution in [3.8, 4) is 6.07 Å². The van der Waals surface area contributed by atoms with Crippen LogP contribution in [0.15, 0.2) is 67.0 Å². The number of H-pyrrole nitrogens is 1. The molecule has 0 saturated carbocycles. The van der Waals surface area contributed by atoms with Crippen LogP contribution in [0.3, 0.4) is 0 Å². The lowest BCUT2D eigenvalue weighted by Gasteiger charge is -2.15. The Bertz CT molecular complexity index is 823. The maximum atomic E-state index is 8.92. The monoisotopic (exact) mass is 299 g/mol. The molecule has 1 unspecified atom stereocenters. The lowest BCUT2D eigenvalue weighted by molar-refractivity contribution is 0.891. The Kier molecular flexibility index (Phi) is 4.35. The van der Waals surface area contributed by atoms with Crippen LogP contribution in [0.25, 0.3) is 11.6 Å². The van der Waals surface area contributed by atoms with Crippen LogP contribution in [-0.4, -0.2) is 9.97 Å². The van der Waals surface area contributed by atoms with E-state index in [0.717, 1.165) is 11.4 Å². The van der Waals surface area contributed by atoms with Gasteiger partial charge in [-0.3, -0.25) is 0 Å². The molecular weight excluding hydrogens is 282 g/mol. The number of nitrogens with one attached hydrogen (secondary N) is 1. The number of aromatic amines is 1.